The molecule has 2 aromatic rings. The number of nitrogens with one attached hydrogen (secondary N) is 5. The molecule has 2 rings (SSSR count). The van der Waals surface area contributed by atoms with Crippen LogP contribution in [-0.2, 0) is 95.4 Å². The maximum Gasteiger partial charge on any atom is 0.335 e. The van der Waals surface area contributed by atoms with Gasteiger partial charge in [0, 0.05) is 103 Å². The Morgan fingerprint density at radius 3 is 1.19 bits per heavy atom. The second-order valence-electron chi connectivity index (χ2n) is 29.3. The fourth-order valence-corrected chi connectivity index (χ4v) is 12.0. The summed E-state index contributed by atoms with van der Waals surface area (Å²) in [7, 11) is 0. The van der Waals surface area contributed by atoms with Crippen LogP contribution in [0.2, 0.25) is 0 Å². The molecule has 0 heterocycles. The van der Waals surface area contributed by atoms with Crippen molar-refractivity contribution in [3.8, 4) is 11.5 Å². The lowest BCUT2D eigenvalue weighted by atomic mass is 9.87. The van der Waals surface area contributed by atoms with Crippen LogP contribution < -0.4 is 36.1 Å². The number of Topliss-reactive ketones (excluding diaryl/α,β-unsaturated/α-hetero) is 5. The Morgan fingerprint density at radius 1 is 0.311 bits per heavy atom. The number of rotatable bonds is 83. The Morgan fingerprint density at radius 2 is 0.706 bits per heavy atom. The van der Waals surface area contributed by atoms with Crippen LogP contribution in [0.5, 0.6) is 11.5 Å². The van der Waals surface area contributed by atoms with Gasteiger partial charge in [0.2, 0.25) is 29.5 Å². The van der Waals surface area contributed by atoms with Gasteiger partial charge in [0.25, 0.3) is 0 Å². The van der Waals surface area contributed by atoms with Crippen LogP contribution in [0, 0.1) is 17.8 Å². The summed E-state index contributed by atoms with van der Waals surface area (Å²) in [6, 6.07) is 11.4. The lowest BCUT2D eigenvalue weighted by Gasteiger charge is -2.17. The molecule has 0 unspecified atom stereocenters. The number of ketones is 5. The van der Waals surface area contributed by atoms with Gasteiger partial charge < -0.3 is 94.4 Å². The van der Waals surface area contributed by atoms with Gasteiger partial charge in [-0.1, -0.05) is 84.0 Å². The predicted octanol–water partition coefficient (Wildman–Crippen LogP) is 9.01. The molecular weight excluding hydrogens is 1550 g/mol. The Balaban J connectivity index is 1.38. The molecule has 2 aromatic carbocycles. The minimum Gasteiger partial charge on any atom is -0.494 e. The fraction of sp³-hybridized carbons (Fsp3) is 0.698. The maximum atomic E-state index is 13.1. The van der Waals surface area contributed by atoms with E-state index in [1.165, 1.54) is 31.2 Å². The molecule has 33 heteroatoms. The van der Waals surface area contributed by atoms with Gasteiger partial charge in [-0.3, -0.25) is 52.7 Å². The number of unbranched alkanes of at least 4 members (excludes halogenated alkanes) is 14. The first-order valence-corrected chi connectivity index (χ1v) is 42.4. The molecule has 0 bridgehead atoms. The molecule has 0 aliphatic heterocycles. The second-order valence-corrected chi connectivity index (χ2v) is 29.3. The zero-order valence-corrected chi connectivity index (χ0v) is 70.2. The molecule has 0 fully saturated rings. The third kappa shape index (κ3) is 61.3. The first-order chi connectivity index (χ1) is 57.4. The van der Waals surface area contributed by atoms with Crippen molar-refractivity contribution < 1.29 is 135 Å². The molecule has 5 amide bonds. The van der Waals surface area contributed by atoms with Crippen LogP contribution in [-0.4, -0.2) is 254 Å². The van der Waals surface area contributed by atoms with Crippen molar-refractivity contribution in [3.63, 3.8) is 0 Å². The zero-order chi connectivity index (χ0) is 87.1. The van der Waals surface area contributed by atoms with E-state index in [0.717, 1.165) is 89.9 Å². The Hall–Kier alpha value is -8.70. The smallest absolute Gasteiger partial charge is 0.335 e. The topological polar surface area (TPSA) is 472 Å². The monoisotopic (exact) mass is 1690 g/mol. The van der Waals surface area contributed by atoms with E-state index in [-0.39, 0.29) is 202 Å². The summed E-state index contributed by atoms with van der Waals surface area (Å²) in [6.07, 6.45) is 19.1. The lowest BCUT2D eigenvalue weighted by molar-refractivity contribution is -0.145. The predicted molar refractivity (Wildman–Crippen MR) is 438 cm³/mol. The second kappa shape index (κ2) is 71.1. The van der Waals surface area contributed by atoms with Gasteiger partial charge in [-0.05, 0) is 133 Å². The van der Waals surface area contributed by atoms with Gasteiger partial charge in [0.1, 0.15) is 61.3 Å². The van der Waals surface area contributed by atoms with Crippen molar-refractivity contribution >= 4 is 82.3 Å². The molecule has 0 spiro atoms. The van der Waals surface area contributed by atoms with Crippen LogP contribution in [0.1, 0.15) is 240 Å². The summed E-state index contributed by atoms with van der Waals surface area (Å²) < 4.78 is 54.6. The Bertz CT molecular complexity index is 3210. The standard InChI is InChI=1S/C86H135N5O28/c1-65(23-15-17-41-87-79(98)39-33-70(85(106)107)59-73(95)62-115-55-51-111-46-22-27-72(94)61-114-56-53-112-49-43-89-78(97)28-14-10-6-4-8-12-20-48-119-75-36-31-68(32-37-75)84(104)105)77(96)60-69(66(2)92)24-16-18-42-88-80(99)40-38-76(86(108)109)91-82(101)64-117-58-54-113-50-44-90-81(100)63-116-57-52-110-45-21-26-71(93)25-13-9-5-3-7-11-19-47-118-74-34-29-67(30-35-74)83(102)103/h29-32,34-37,65,69-70,76H,3-28,33,38-64H2,1-2H3,(H,87,98)(H,88,99)(H,89,97)(H,90,100)(H,91,101)(H,102,103)(H,104,105)(H,106,107)(H,108,109)/t65-,69+,70+,76-/m0/s1. The quantitative estimate of drug-likeness (QED) is 0.0279. The number of benzene rings is 2. The maximum absolute atomic E-state index is 13.1. The van der Waals surface area contributed by atoms with Crippen molar-refractivity contribution in [1.29, 1.82) is 0 Å². The van der Waals surface area contributed by atoms with E-state index in [0.29, 0.717) is 122 Å². The van der Waals surface area contributed by atoms with Crippen molar-refractivity contribution in [3.05, 3.63) is 59.7 Å². The number of ether oxygens (including phenoxy) is 10. The summed E-state index contributed by atoms with van der Waals surface area (Å²) in [5, 5.41) is 50.7. The largest absolute Gasteiger partial charge is 0.494 e. The molecule has 0 aromatic heterocycles. The van der Waals surface area contributed by atoms with Crippen LogP contribution in [0.3, 0.4) is 0 Å². The molecule has 4 atom stereocenters. The number of carbonyl (C=O) groups excluding carboxylic acids is 10. The Labute approximate surface area is 700 Å². The number of aliphatic carboxylic acids is 2. The molecule has 0 saturated carbocycles. The van der Waals surface area contributed by atoms with Crippen LogP contribution in [0.4, 0.5) is 0 Å². The van der Waals surface area contributed by atoms with Crippen molar-refractivity contribution in [2.45, 2.75) is 225 Å². The first kappa shape index (κ1) is 106. The van der Waals surface area contributed by atoms with Crippen molar-refractivity contribution in [2.24, 2.45) is 17.8 Å². The lowest BCUT2D eigenvalue weighted by Crippen LogP contribution is -2.43. The highest BCUT2D eigenvalue weighted by molar-refractivity contribution is 5.90. The number of hydrogen-bond donors (Lipinski definition) is 9. The molecule has 33 nitrogen and oxygen atoms in total. The van der Waals surface area contributed by atoms with E-state index in [2.05, 4.69) is 26.6 Å². The highest BCUT2D eigenvalue weighted by atomic mass is 16.5. The number of carbonyl (C=O) groups is 14. The van der Waals surface area contributed by atoms with Gasteiger partial charge in [-0.2, -0.15) is 0 Å². The average molecular weight is 1690 g/mol. The van der Waals surface area contributed by atoms with Crippen molar-refractivity contribution in [2.75, 3.05) is 145 Å². The third-order valence-electron chi connectivity index (χ3n) is 19.1. The van der Waals surface area contributed by atoms with Gasteiger partial charge in [-0.15, -0.1) is 0 Å². The van der Waals surface area contributed by atoms with Crippen LogP contribution >= 0.6 is 0 Å². The third-order valence-corrected chi connectivity index (χ3v) is 19.1. The van der Waals surface area contributed by atoms with E-state index in [4.69, 9.17) is 57.6 Å². The molecule has 672 valence electrons. The SMILES string of the molecule is CC(=O)[C@H](CCCCNC(=O)CC[C@H](NC(=O)COCCOCCNC(=O)COCCOCCCC(=O)CCCCCCCCCOc1ccc(C(=O)O)cc1)C(=O)O)CC(=O)[C@@H](C)CCCCNC(=O)CC[C@H](CC(=O)COCCOCCCC(=O)COCCOCCNC(=O)CCCCCCCCCOc1ccc(C(=O)O)cc1)C(=O)O. The van der Waals surface area contributed by atoms with Gasteiger partial charge in [0.05, 0.1) is 96.3 Å². The van der Waals surface area contributed by atoms with Gasteiger partial charge in [-0.25, -0.2) is 14.4 Å². The molecule has 0 saturated heterocycles. The molecule has 0 aliphatic carbocycles. The highest BCUT2D eigenvalue weighted by Crippen LogP contribution is 2.22. The van der Waals surface area contributed by atoms with E-state index in [9.17, 15) is 77.3 Å². The molecule has 0 radical (unpaired) electrons. The summed E-state index contributed by atoms with van der Waals surface area (Å²) in [5.41, 5.74) is 0.451. The number of aromatic carboxylic acids is 2. The molecule has 0 aliphatic rings. The van der Waals surface area contributed by atoms with E-state index < -0.39 is 66.0 Å². The van der Waals surface area contributed by atoms with E-state index >= 15 is 0 Å². The summed E-state index contributed by atoms with van der Waals surface area (Å²) in [6.45, 7) is 6.94. The van der Waals surface area contributed by atoms with Gasteiger partial charge in [0.15, 0.2) is 11.6 Å². The number of carboxylic acids is 4. The molecule has 9 N–H and O–H groups in total. The van der Waals surface area contributed by atoms with Gasteiger partial charge >= 0.3 is 23.9 Å². The van der Waals surface area contributed by atoms with Crippen LogP contribution in [0.15, 0.2) is 48.5 Å². The summed E-state index contributed by atoms with van der Waals surface area (Å²) >= 11 is 0. The number of hydrogen-bond acceptors (Lipinski definition) is 24. The normalized spacial score (nSPS) is 12.2. The highest BCUT2D eigenvalue weighted by Gasteiger charge is 2.25. The molecule has 119 heavy (non-hydrogen) atoms. The van der Waals surface area contributed by atoms with E-state index in [1.807, 2.05) is 0 Å². The fourth-order valence-electron chi connectivity index (χ4n) is 12.0. The van der Waals surface area contributed by atoms with Crippen LogP contribution in [0.25, 0.3) is 0 Å². The number of carboxylic acid groups (broad SMARTS) is 4. The number of amides is 5. The zero-order valence-electron chi connectivity index (χ0n) is 70.2. The Kier molecular flexibility index (Phi) is 63.5. The van der Waals surface area contributed by atoms with E-state index in [1.54, 1.807) is 31.2 Å². The average Bonchev–Trinajstić information content (AvgIpc) is 0.931. The first-order valence-electron chi connectivity index (χ1n) is 42.4. The van der Waals surface area contributed by atoms with Crippen molar-refractivity contribution in [1.82, 2.24) is 26.6 Å². The summed E-state index contributed by atoms with van der Waals surface area (Å²) in [4.78, 5) is 170. The minimum absolute atomic E-state index is 0.00922. The minimum atomic E-state index is -1.35. The summed E-state index contributed by atoms with van der Waals surface area (Å²) in [5.74, 6) is -7.52. The molecular formula is C86H135N5O28.